The first kappa shape index (κ1) is 19.0. The minimum Gasteiger partial charge on any atom is -0.379 e. The third kappa shape index (κ3) is 4.60. The molecule has 1 aliphatic heterocycles. The average molecular weight is 353 g/mol. The van der Waals surface area contributed by atoms with Gasteiger partial charge in [-0.05, 0) is 33.6 Å². The van der Waals surface area contributed by atoms with Crippen LogP contribution in [0.5, 0.6) is 0 Å². The van der Waals surface area contributed by atoms with E-state index in [1.54, 1.807) is 16.3 Å². The Morgan fingerprint density at radius 1 is 1.50 bits per heavy atom. The SMILES string of the molecule is CCc1c(C)nc2n(c1=O)C(CC(=O)NCCCOC(C)C)CS2. The van der Waals surface area contributed by atoms with Gasteiger partial charge in [-0.2, -0.15) is 0 Å². The quantitative estimate of drug-likeness (QED) is 0.572. The molecule has 1 amide bonds. The Labute approximate surface area is 147 Å². The molecule has 1 aromatic heterocycles. The summed E-state index contributed by atoms with van der Waals surface area (Å²) in [5, 5.41) is 3.64. The van der Waals surface area contributed by atoms with E-state index in [9.17, 15) is 9.59 Å². The molecule has 7 heteroatoms. The van der Waals surface area contributed by atoms with Gasteiger partial charge in [0.25, 0.3) is 5.56 Å². The summed E-state index contributed by atoms with van der Waals surface area (Å²) in [5.74, 6) is 0.696. The van der Waals surface area contributed by atoms with E-state index >= 15 is 0 Å². The number of fused-ring (bicyclic) bond motifs is 1. The van der Waals surface area contributed by atoms with Crippen molar-refractivity contribution in [3.63, 3.8) is 0 Å². The first-order valence-electron chi connectivity index (χ1n) is 8.57. The average Bonchev–Trinajstić information content (AvgIpc) is 2.89. The predicted molar refractivity (Wildman–Crippen MR) is 95.7 cm³/mol. The van der Waals surface area contributed by atoms with Crippen LogP contribution < -0.4 is 10.9 Å². The zero-order valence-corrected chi connectivity index (χ0v) is 15.7. The molecule has 0 saturated heterocycles. The maximum absolute atomic E-state index is 12.6. The fourth-order valence-corrected chi connectivity index (χ4v) is 3.96. The van der Waals surface area contributed by atoms with Gasteiger partial charge in [-0.3, -0.25) is 14.2 Å². The van der Waals surface area contributed by atoms with Gasteiger partial charge in [0.1, 0.15) is 0 Å². The molecular formula is C17H27N3O3S. The third-order valence-corrected chi connectivity index (χ3v) is 5.12. The number of carbonyl (C=O) groups is 1. The molecule has 1 N–H and O–H groups in total. The Balaban J connectivity index is 1.92. The molecule has 0 saturated carbocycles. The standard InChI is InChI=1S/C17H27N3O3S/c1-5-14-12(4)19-17-20(16(14)22)13(10-24-17)9-15(21)18-7-6-8-23-11(2)3/h11,13H,5-10H2,1-4H3,(H,18,21). The molecule has 0 radical (unpaired) electrons. The molecule has 1 aromatic rings. The maximum Gasteiger partial charge on any atom is 0.257 e. The summed E-state index contributed by atoms with van der Waals surface area (Å²) < 4.78 is 7.15. The number of thioether (sulfide) groups is 1. The summed E-state index contributed by atoms with van der Waals surface area (Å²) in [7, 11) is 0. The number of nitrogens with one attached hydrogen (secondary N) is 1. The van der Waals surface area contributed by atoms with Gasteiger partial charge in [-0.25, -0.2) is 4.98 Å². The Kier molecular flexibility index (Phi) is 6.86. The van der Waals surface area contributed by atoms with Gasteiger partial charge < -0.3 is 10.1 Å². The first-order chi connectivity index (χ1) is 11.4. The summed E-state index contributed by atoms with van der Waals surface area (Å²) >= 11 is 1.55. The number of ether oxygens (including phenoxy) is 1. The van der Waals surface area contributed by atoms with Crippen LogP contribution in [0.4, 0.5) is 0 Å². The molecule has 2 heterocycles. The van der Waals surface area contributed by atoms with Crippen LogP contribution in [0.3, 0.4) is 0 Å². The zero-order chi connectivity index (χ0) is 17.7. The molecule has 1 atom stereocenters. The Morgan fingerprint density at radius 3 is 2.92 bits per heavy atom. The fourth-order valence-electron chi connectivity index (χ4n) is 2.78. The lowest BCUT2D eigenvalue weighted by Gasteiger charge is -2.15. The molecule has 0 fully saturated rings. The highest BCUT2D eigenvalue weighted by atomic mass is 32.2. The Bertz CT molecular complexity index is 643. The third-order valence-electron chi connectivity index (χ3n) is 4.02. The van der Waals surface area contributed by atoms with Crippen LogP contribution in [-0.2, 0) is 16.0 Å². The van der Waals surface area contributed by atoms with Crippen LogP contribution in [0.15, 0.2) is 9.95 Å². The van der Waals surface area contributed by atoms with E-state index in [0.29, 0.717) is 26.0 Å². The largest absolute Gasteiger partial charge is 0.379 e. The molecule has 0 aromatic carbocycles. The van der Waals surface area contributed by atoms with E-state index in [0.717, 1.165) is 28.6 Å². The first-order valence-corrected chi connectivity index (χ1v) is 9.55. The summed E-state index contributed by atoms with van der Waals surface area (Å²) in [4.78, 5) is 29.3. The van der Waals surface area contributed by atoms with E-state index in [1.807, 2.05) is 27.7 Å². The van der Waals surface area contributed by atoms with Crippen molar-refractivity contribution in [1.29, 1.82) is 0 Å². The van der Waals surface area contributed by atoms with Crippen molar-refractivity contribution < 1.29 is 9.53 Å². The Morgan fingerprint density at radius 2 is 2.25 bits per heavy atom. The second-order valence-corrected chi connectivity index (χ2v) is 7.27. The number of hydrogen-bond acceptors (Lipinski definition) is 5. The van der Waals surface area contributed by atoms with Gasteiger partial charge in [0, 0.05) is 36.6 Å². The van der Waals surface area contributed by atoms with Crippen molar-refractivity contribution in [1.82, 2.24) is 14.9 Å². The molecule has 1 unspecified atom stereocenters. The summed E-state index contributed by atoms with van der Waals surface area (Å²) in [5.41, 5.74) is 1.56. The lowest BCUT2D eigenvalue weighted by atomic mass is 10.1. The number of aryl methyl sites for hydroxylation is 1. The summed E-state index contributed by atoms with van der Waals surface area (Å²) in [6.07, 6.45) is 1.99. The van der Waals surface area contributed by atoms with Gasteiger partial charge in [-0.15, -0.1) is 0 Å². The Hall–Kier alpha value is -1.34. The molecule has 0 bridgehead atoms. The van der Waals surface area contributed by atoms with Gasteiger partial charge in [-0.1, -0.05) is 18.7 Å². The molecule has 24 heavy (non-hydrogen) atoms. The van der Waals surface area contributed by atoms with Crippen LogP contribution >= 0.6 is 11.8 Å². The molecule has 2 rings (SSSR count). The lowest BCUT2D eigenvalue weighted by molar-refractivity contribution is -0.121. The second kappa shape index (κ2) is 8.67. The molecule has 134 valence electrons. The summed E-state index contributed by atoms with van der Waals surface area (Å²) in [6.45, 7) is 9.06. The van der Waals surface area contributed by atoms with Gasteiger partial charge in [0.05, 0.1) is 12.1 Å². The van der Waals surface area contributed by atoms with E-state index in [1.165, 1.54) is 0 Å². The van der Waals surface area contributed by atoms with Crippen LogP contribution in [-0.4, -0.2) is 40.5 Å². The minimum atomic E-state index is -0.109. The normalized spacial score (nSPS) is 16.5. The smallest absolute Gasteiger partial charge is 0.257 e. The number of rotatable bonds is 8. The highest BCUT2D eigenvalue weighted by molar-refractivity contribution is 7.99. The van der Waals surface area contributed by atoms with Crippen molar-refractivity contribution in [2.45, 2.75) is 64.3 Å². The van der Waals surface area contributed by atoms with Crippen LogP contribution in [0.2, 0.25) is 0 Å². The van der Waals surface area contributed by atoms with Gasteiger partial charge in [0.15, 0.2) is 5.16 Å². The van der Waals surface area contributed by atoms with Crippen molar-refractivity contribution in [3.8, 4) is 0 Å². The van der Waals surface area contributed by atoms with Crippen LogP contribution in [0, 0.1) is 6.92 Å². The van der Waals surface area contributed by atoms with Crippen molar-refractivity contribution in [2.75, 3.05) is 18.9 Å². The topological polar surface area (TPSA) is 73.2 Å². The number of hydrogen-bond donors (Lipinski definition) is 1. The number of aromatic nitrogens is 2. The predicted octanol–water partition coefficient (Wildman–Crippen LogP) is 2.08. The van der Waals surface area contributed by atoms with Crippen LogP contribution in [0.25, 0.3) is 0 Å². The van der Waals surface area contributed by atoms with E-state index < -0.39 is 0 Å². The van der Waals surface area contributed by atoms with Crippen LogP contribution in [0.1, 0.15) is 50.9 Å². The van der Waals surface area contributed by atoms with Crippen molar-refractivity contribution >= 4 is 17.7 Å². The lowest BCUT2D eigenvalue weighted by Crippen LogP contribution is -2.33. The van der Waals surface area contributed by atoms with E-state index in [-0.39, 0.29) is 23.6 Å². The minimum absolute atomic E-state index is 0.00753. The summed E-state index contributed by atoms with van der Waals surface area (Å²) in [6, 6.07) is -0.109. The number of nitrogens with zero attached hydrogens (tertiary/aromatic N) is 2. The van der Waals surface area contributed by atoms with Crippen molar-refractivity contribution in [2.24, 2.45) is 0 Å². The highest BCUT2D eigenvalue weighted by Gasteiger charge is 2.28. The van der Waals surface area contributed by atoms with E-state index in [4.69, 9.17) is 4.74 Å². The molecule has 1 aliphatic rings. The second-order valence-electron chi connectivity index (χ2n) is 6.28. The molecule has 0 aliphatic carbocycles. The van der Waals surface area contributed by atoms with Gasteiger partial charge in [0.2, 0.25) is 5.91 Å². The number of carbonyl (C=O) groups excluding carboxylic acids is 1. The van der Waals surface area contributed by atoms with Crippen molar-refractivity contribution in [3.05, 3.63) is 21.6 Å². The molecule has 0 spiro atoms. The molecular weight excluding hydrogens is 326 g/mol. The monoisotopic (exact) mass is 353 g/mol. The zero-order valence-electron chi connectivity index (χ0n) is 14.9. The molecule has 6 nitrogen and oxygen atoms in total. The van der Waals surface area contributed by atoms with Gasteiger partial charge >= 0.3 is 0 Å². The van der Waals surface area contributed by atoms with E-state index in [2.05, 4.69) is 10.3 Å². The highest BCUT2D eigenvalue weighted by Crippen LogP contribution is 2.32. The number of amides is 1. The fraction of sp³-hybridized carbons (Fsp3) is 0.706. The maximum atomic E-state index is 12.6.